The van der Waals surface area contributed by atoms with Crippen LogP contribution in [-0.4, -0.2) is 43.8 Å². The normalized spacial score (nSPS) is 12.4. The van der Waals surface area contributed by atoms with Gasteiger partial charge in [0.25, 0.3) is 15.6 Å². The van der Waals surface area contributed by atoms with E-state index in [1.807, 2.05) is 0 Å². The Morgan fingerprint density at radius 1 is 1.12 bits per heavy atom. The maximum Gasteiger partial charge on any atom is 0.336 e. The molecule has 2 N–H and O–H groups in total. The lowest BCUT2D eigenvalue weighted by atomic mass is 9.97. The van der Waals surface area contributed by atoms with E-state index in [4.69, 9.17) is 0 Å². The first kappa shape index (κ1) is 29.9. The van der Waals surface area contributed by atoms with Crippen LogP contribution in [0.1, 0.15) is 21.5 Å². The molecule has 1 unspecified atom stereocenters. The van der Waals surface area contributed by atoms with E-state index in [0.717, 1.165) is 20.3 Å². The Morgan fingerprint density at radius 2 is 1.81 bits per heavy atom. The van der Waals surface area contributed by atoms with Gasteiger partial charge in [-0.05, 0) is 42.8 Å². The summed E-state index contributed by atoms with van der Waals surface area (Å²) in [7, 11) is -2.92. The monoisotopic (exact) mass is 626 g/mol. The summed E-state index contributed by atoms with van der Waals surface area (Å²) in [6, 6.07) is 12.3. The van der Waals surface area contributed by atoms with Crippen molar-refractivity contribution in [2.75, 3.05) is 11.6 Å². The van der Waals surface area contributed by atoms with Crippen molar-refractivity contribution < 1.29 is 31.7 Å². The zero-order valence-electron chi connectivity index (χ0n) is 23.0. The number of aromatic nitrogens is 3. The van der Waals surface area contributed by atoms with Gasteiger partial charge < -0.3 is 15.0 Å². The van der Waals surface area contributed by atoms with Crippen LogP contribution in [0.2, 0.25) is 0 Å². The molecule has 5 rings (SSSR count). The maximum absolute atomic E-state index is 14.7. The van der Waals surface area contributed by atoms with Gasteiger partial charge in [0.2, 0.25) is 0 Å². The molecule has 0 aliphatic rings. The number of rotatable bonds is 8. The standard InChI is InChI=1S/C29H24F2N4O6S2/c1-16-4-7-20(8-5-16)43(40,41)35-11-10-22-24(17-6-9-21(29(37)38)18(12-17)15-42(3)39)27(34(2)28(36)25(22)35)33-26-23(31)13-19(30)14-32-26/h4-14H,15H2,1-3H3,(H,32,33)(H,37,38). The van der Waals surface area contributed by atoms with Crippen LogP contribution >= 0.6 is 0 Å². The minimum atomic E-state index is -4.25. The smallest absolute Gasteiger partial charge is 0.336 e. The molecule has 3 aromatic heterocycles. The molecule has 0 amide bonds. The molecule has 0 aliphatic heterocycles. The van der Waals surface area contributed by atoms with Gasteiger partial charge in [-0.3, -0.25) is 9.36 Å². The Morgan fingerprint density at radius 3 is 2.44 bits per heavy atom. The number of anilines is 2. The molecule has 0 spiro atoms. The number of nitrogens with one attached hydrogen (secondary N) is 1. The number of pyridine rings is 2. The summed E-state index contributed by atoms with van der Waals surface area (Å²) < 4.78 is 69.7. The molecule has 10 nitrogen and oxygen atoms in total. The van der Waals surface area contributed by atoms with Gasteiger partial charge in [-0.25, -0.2) is 30.9 Å². The van der Waals surface area contributed by atoms with Crippen LogP contribution in [0.25, 0.3) is 22.0 Å². The number of hydrogen-bond acceptors (Lipinski definition) is 7. The van der Waals surface area contributed by atoms with E-state index in [1.165, 1.54) is 55.9 Å². The SMILES string of the molecule is Cc1ccc(S(=O)(=O)n2ccc3c(-c4ccc(C(=O)O)c(C[S+](C)[O-])c4)c(Nc4ncc(F)cc4F)n(C)c(=O)c32)cc1. The maximum atomic E-state index is 14.7. The van der Waals surface area contributed by atoms with Crippen LogP contribution in [0.15, 0.2) is 76.7 Å². The Labute approximate surface area is 247 Å². The van der Waals surface area contributed by atoms with Gasteiger partial charge in [0.1, 0.15) is 22.9 Å². The van der Waals surface area contributed by atoms with Crippen LogP contribution in [0, 0.1) is 18.6 Å². The number of benzene rings is 2. The lowest BCUT2D eigenvalue weighted by Gasteiger charge is -2.19. The first-order valence-electron chi connectivity index (χ1n) is 12.6. The van der Waals surface area contributed by atoms with Gasteiger partial charge in [-0.2, -0.15) is 0 Å². The zero-order valence-corrected chi connectivity index (χ0v) is 24.6. The molecule has 0 saturated carbocycles. The molecule has 2 aromatic carbocycles. The number of carbonyl (C=O) groups is 1. The van der Waals surface area contributed by atoms with E-state index in [1.54, 1.807) is 19.1 Å². The highest BCUT2D eigenvalue weighted by Crippen LogP contribution is 2.38. The molecule has 0 aliphatic carbocycles. The number of halogens is 2. The fourth-order valence-corrected chi connectivity index (χ4v) is 6.78. The van der Waals surface area contributed by atoms with E-state index in [0.29, 0.717) is 11.6 Å². The Hall–Kier alpha value is -4.53. The van der Waals surface area contributed by atoms with Crippen molar-refractivity contribution in [1.82, 2.24) is 13.5 Å². The van der Waals surface area contributed by atoms with Gasteiger partial charge in [0, 0.05) is 35.8 Å². The van der Waals surface area contributed by atoms with Crippen molar-refractivity contribution >= 4 is 49.7 Å². The van der Waals surface area contributed by atoms with Crippen LogP contribution in [0.3, 0.4) is 0 Å². The molecular weight excluding hydrogens is 602 g/mol. The Balaban J connectivity index is 1.85. The van der Waals surface area contributed by atoms with Gasteiger partial charge >= 0.3 is 5.97 Å². The number of fused-ring (bicyclic) bond motifs is 1. The lowest BCUT2D eigenvalue weighted by Crippen LogP contribution is -2.25. The minimum Gasteiger partial charge on any atom is -0.616 e. The minimum absolute atomic E-state index is 0.0346. The highest BCUT2D eigenvalue weighted by molar-refractivity contribution is 7.90. The Kier molecular flexibility index (Phi) is 7.86. The van der Waals surface area contributed by atoms with Gasteiger partial charge in [0.15, 0.2) is 11.6 Å². The van der Waals surface area contributed by atoms with Crippen molar-refractivity contribution in [3.63, 3.8) is 0 Å². The van der Waals surface area contributed by atoms with E-state index in [9.17, 15) is 36.4 Å². The third-order valence-electron chi connectivity index (χ3n) is 6.81. The van der Waals surface area contributed by atoms with Crippen LogP contribution < -0.4 is 10.9 Å². The number of nitrogens with zero attached hydrogens (tertiary/aromatic N) is 3. The second-order valence-corrected chi connectivity index (χ2v) is 13.0. The molecule has 5 aromatic rings. The first-order chi connectivity index (χ1) is 20.3. The third kappa shape index (κ3) is 5.51. The quantitative estimate of drug-likeness (QED) is 0.239. The molecule has 0 bridgehead atoms. The van der Waals surface area contributed by atoms with Crippen molar-refractivity contribution in [3.05, 3.63) is 106 Å². The van der Waals surface area contributed by atoms with E-state index >= 15 is 0 Å². The van der Waals surface area contributed by atoms with Crippen molar-refractivity contribution in [3.8, 4) is 11.1 Å². The van der Waals surface area contributed by atoms with Gasteiger partial charge in [-0.15, -0.1) is 0 Å². The third-order valence-corrected chi connectivity index (χ3v) is 9.21. The molecule has 0 radical (unpaired) electrons. The van der Waals surface area contributed by atoms with Crippen molar-refractivity contribution in [2.45, 2.75) is 17.6 Å². The second-order valence-electron chi connectivity index (χ2n) is 9.78. The average Bonchev–Trinajstić information content (AvgIpc) is 3.39. The highest BCUT2D eigenvalue weighted by atomic mass is 32.2. The van der Waals surface area contributed by atoms with E-state index < -0.39 is 50.2 Å². The summed E-state index contributed by atoms with van der Waals surface area (Å²) in [5.41, 5.74) is 0.472. The largest absolute Gasteiger partial charge is 0.616 e. The molecule has 3 heterocycles. The van der Waals surface area contributed by atoms with Crippen molar-refractivity contribution in [1.29, 1.82) is 0 Å². The molecule has 43 heavy (non-hydrogen) atoms. The number of carboxylic acids is 1. The first-order valence-corrected chi connectivity index (χ1v) is 15.8. The second kappa shape index (κ2) is 11.3. The van der Waals surface area contributed by atoms with Crippen molar-refractivity contribution in [2.24, 2.45) is 7.05 Å². The van der Waals surface area contributed by atoms with Crippen LogP contribution in [-0.2, 0) is 34.0 Å². The summed E-state index contributed by atoms with van der Waals surface area (Å²) in [5.74, 6) is -3.78. The fraction of sp³-hybridized carbons (Fsp3) is 0.138. The zero-order chi connectivity index (χ0) is 31.2. The molecule has 1 atom stereocenters. The summed E-state index contributed by atoms with van der Waals surface area (Å²) in [5, 5.41) is 12.6. The summed E-state index contributed by atoms with van der Waals surface area (Å²) in [6.45, 7) is 1.80. The van der Waals surface area contributed by atoms with Gasteiger partial charge in [0.05, 0.1) is 22.9 Å². The summed E-state index contributed by atoms with van der Waals surface area (Å²) >= 11 is -1.43. The lowest BCUT2D eigenvalue weighted by molar-refractivity contribution is 0.0696. The van der Waals surface area contributed by atoms with Crippen LogP contribution in [0.4, 0.5) is 20.4 Å². The number of carboxylic acid groups (broad SMARTS) is 1. The molecule has 0 saturated heterocycles. The van der Waals surface area contributed by atoms with Crippen LogP contribution in [0.5, 0.6) is 0 Å². The van der Waals surface area contributed by atoms with E-state index in [-0.39, 0.29) is 44.1 Å². The highest BCUT2D eigenvalue weighted by Gasteiger charge is 2.27. The number of aromatic carboxylic acids is 1. The predicted octanol–water partition coefficient (Wildman–Crippen LogP) is 4.55. The van der Waals surface area contributed by atoms with E-state index in [2.05, 4.69) is 10.3 Å². The molecule has 14 heteroatoms. The fourth-order valence-electron chi connectivity index (χ4n) is 4.76. The number of hydrogen-bond donors (Lipinski definition) is 2. The molecule has 0 fully saturated rings. The summed E-state index contributed by atoms with van der Waals surface area (Å²) in [4.78, 5) is 29.4. The average molecular weight is 627 g/mol. The summed E-state index contributed by atoms with van der Waals surface area (Å²) in [6.07, 6.45) is 3.41. The van der Waals surface area contributed by atoms with Gasteiger partial charge in [-0.1, -0.05) is 34.9 Å². The molecular formula is C29H24F2N4O6S2. The predicted molar refractivity (Wildman–Crippen MR) is 159 cm³/mol. The number of aryl methyl sites for hydroxylation is 1. The Bertz CT molecular complexity index is 2070. The topological polar surface area (TPSA) is 146 Å². The molecule has 222 valence electrons.